The summed E-state index contributed by atoms with van der Waals surface area (Å²) in [6, 6.07) is 8.71. The number of hydrogen-bond acceptors (Lipinski definition) is 6. The standard InChI is InChI=1S/C17H21N3O5S/c1-13-10-16(25-19-13)17(21)18-11-14-4-2-3-5-15(14)12-26(22,23)20-6-8-24-9-7-20/h2-5,10H,6-9,11-12H2,1H3,(H,18,21). The van der Waals surface area contributed by atoms with Gasteiger partial charge < -0.3 is 14.6 Å². The van der Waals surface area contributed by atoms with Gasteiger partial charge in [0.1, 0.15) is 0 Å². The Morgan fingerprint density at radius 3 is 2.58 bits per heavy atom. The topological polar surface area (TPSA) is 102 Å². The lowest BCUT2D eigenvalue weighted by atomic mass is 10.1. The van der Waals surface area contributed by atoms with Crippen molar-refractivity contribution in [3.8, 4) is 0 Å². The van der Waals surface area contributed by atoms with Crippen molar-refractivity contribution in [2.45, 2.75) is 19.2 Å². The van der Waals surface area contributed by atoms with Crippen LogP contribution in [0.15, 0.2) is 34.9 Å². The van der Waals surface area contributed by atoms with E-state index in [1.165, 1.54) is 4.31 Å². The van der Waals surface area contributed by atoms with Crippen LogP contribution in [-0.2, 0) is 27.1 Å². The molecule has 0 atom stereocenters. The number of morpholine rings is 1. The van der Waals surface area contributed by atoms with Gasteiger partial charge in [0.05, 0.1) is 24.7 Å². The fourth-order valence-electron chi connectivity index (χ4n) is 2.72. The zero-order valence-corrected chi connectivity index (χ0v) is 15.3. The van der Waals surface area contributed by atoms with E-state index in [9.17, 15) is 13.2 Å². The first-order chi connectivity index (χ1) is 12.5. The Morgan fingerprint density at radius 2 is 1.92 bits per heavy atom. The highest BCUT2D eigenvalue weighted by atomic mass is 32.2. The molecule has 0 spiro atoms. The number of nitrogens with zero attached hydrogens (tertiary/aromatic N) is 2. The lowest BCUT2D eigenvalue weighted by Crippen LogP contribution is -2.41. The Bertz CT molecular complexity index is 872. The summed E-state index contributed by atoms with van der Waals surface area (Å²) in [7, 11) is -3.43. The summed E-state index contributed by atoms with van der Waals surface area (Å²) in [6.07, 6.45) is 0. The van der Waals surface area contributed by atoms with Gasteiger partial charge in [-0.25, -0.2) is 8.42 Å². The highest BCUT2D eigenvalue weighted by Crippen LogP contribution is 2.17. The molecule has 1 aromatic heterocycles. The molecule has 0 aliphatic carbocycles. The molecular formula is C17H21N3O5S. The van der Waals surface area contributed by atoms with Crippen LogP contribution in [0.25, 0.3) is 0 Å². The van der Waals surface area contributed by atoms with E-state index >= 15 is 0 Å². The zero-order valence-electron chi connectivity index (χ0n) is 14.5. The minimum absolute atomic E-state index is 0.111. The van der Waals surface area contributed by atoms with E-state index < -0.39 is 15.9 Å². The number of aryl methyl sites for hydroxylation is 1. The van der Waals surface area contributed by atoms with Crippen molar-refractivity contribution in [2.24, 2.45) is 0 Å². The number of carbonyl (C=O) groups is 1. The summed E-state index contributed by atoms with van der Waals surface area (Å²) >= 11 is 0. The maximum Gasteiger partial charge on any atom is 0.290 e. The van der Waals surface area contributed by atoms with E-state index in [1.807, 2.05) is 6.07 Å². The van der Waals surface area contributed by atoms with Gasteiger partial charge in [0.25, 0.3) is 5.91 Å². The smallest absolute Gasteiger partial charge is 0.290 e. The second kappa shape index (κ2) is 7.98. The average molecular weight is 379 g/mol. The van der Waals surface area contributed by atoms with Gasteiger partial charge in [-0.1, -0.05) is 29.4 Å². The van der Waals surface area contributed by atoms with E-state index in [1.54, 1.807) is 31.2 Å². The molecule has 0 radical (unpaired) electrons. The normalized spacial score (nSPS) is 15.7. The molecule has 1 aliphatic rings. The SMILES string of the molecule is Cc1cc(C(=O)NCc2ccccc2CS(=O)(=O)N2CCOCC2)on1. The number of nitrogens with one attached hydrogen (secondary N) is 1. The summed E-state index contributed by atoms with van der Waals surface area (Å²) in [4.78, 5) is 12.1. The molecule has 1 saturated heterocycles. The lowest BCUT2D eigenvalue weighted by Gasteiger charge is -2.26. The summed E-state index contributed by atoms with van der Waals surface area (Å²) in [6.45, 7) is 3.48. The number of aromatic nitrogens is 1. The van der Waals surface area contributed by atoms with Crippen molar-refractivity contribution in [2.75, 3.05) is 26.3 Å². The Morgan fingerprint density at radius 1 is 1.23 bits per heavy atom. The fraction of sp³-hybridized carbons (Fsp3) is 0.412. The van der Waals surface area contributed by atoms with Gasteiger partial charge in [-0.15, -0.1) is 0 Å². The van der Waals surface area contributed by atoms with Gasteiger partial charge in [-0.2, -0.15) is 4.31 Å². The molecule has 0 bridgehead atoms. The molecule has 1 aliphatic heterocycles. The van der Waals surface area contributed by atoms with E-state index in [-0.39, 0.29) is 18.1 Å². The maximum atomic E-state index is 12.6. The van der Waals surface area contributed by atoms with Gasteiger partial charge in [0, 0.05) is 25.7 Å². The average Bonchev–Trinajstić information content (AvgIpc) is 3.08. The Kier molecular flexibility index (Phi) is 5.70. The molecule has 8 nitrogen and oxygen atoms in total. The highest BCUT2D eigenvalue weighted by Gasteiger charge is 2.25. The molecule has 2 aromatic rings. The minimum Gasteiger partial charge on any atom is -0.379 e. The fourth-order valence-corrected chi connectivity index (χ4v) is 4.28. The molecule has 26 heavy (non-hydrogen) atoms. The van der Waals surface area contributed by atoms with Gasteiger partial charge in [0.15, 0.2) is 0 Å². The van der Waals surface area contributed by atoms with Gasteiger partial charge >= 0.3 is 0 Å². The quantitative estimate of drug-likeness (QED) is 0.806. The third-order valence-corrected chi connectivity index (χ3v) is 5.94. The van der Waals surface area contributed by atoms with Crippen molar-refractivity contribution in [1.82, 2.24) is 14.8 Å². The van der Waals surface area contributed by atoms with E-state index in [0.717, 1.165) is 5.56 Å². The van der Waals surface area contributed by atoms with Crippen LogP contribution in [0.5, 0.6) is 0 Å². The van der Waals surface area contributed by atoms with Crippen LogP contribution >= 0.6 is 0 Å². The molecule has 140 valence electrons. The highest BCUT2D eigenvalue weighted by molar-refractivity contribution is 7.88. The molecule has 1 N–H and O–H groups in total. The van der Waals surface area contributed by atoms with Crippen molar-refractivity contribution < 1.29 is 22.5 Å². The first kappa shape index (κ1) is 18.6. The van der Waals surface area contributed by atoms with Crippen LogP contribution in [0.2, 0.25) is 0 Å². The van der Waals surface area contributed by atoms with Gasteiger partial charge in [-0.05, 0) is 18.1 Å². The number of carbonyl (C=O) groups excluding carboxylic acids is 1. The molecule has 0 unspecified atom stereocenters. The molecule has 1 aromatic carbocycles. The summed E-state index contributed by atoms with van der Waals surface area (Å²) in [5, 5.41) is 6.41. The van der Waals surface area contributed by atoms with E-state index in [2.05, 4.69) is 10.5 Å². The zero-order chi connectivity index (χ0) is 18.6. The third kappa shape index (κ3) is 4.48. The Balaban J connectivity index is 1.68. The van der Waals surface area contributed by atoms with Gasteiger partial charge in [0.2, 0.25) is 15.8 Å². The number of amides is 1. The van der Waals surface area contributed by atoms with Crippen LogP contribution in [0.4, 0.5) is 0 Å². The Labute approximate surface area is 152 Å². The molecule has 9 heteroatoms. The second-order valence-electron chi connectivity index (χ2n) is 6.05. The molecule has 1 fully saturated rings. The predicted molar refractivity (Wildman–Crippen MR) is 93.9 cm³/mol. The molecule has 1 amide bonds. The van der Waals surface area contributed by atoms with Gasteiger partial charge in [-0.3, -0.25) is 4.79 Å². The molecular weight excluding hydrogens is 358 g/mol. The van der Waals surface area contributed by atoms with Crippen molar-refractivity contribution >= 4 is 15.9 Å². The first-order valence-corrected chi connectivity index (χ1v) is 9.90. The maximum absolute atomic E-state index is 12.6. The minimum atomic E-state index is -3.43. The van der Waals surface area contributed by atoms with Crippen LogP contribution in [-0.4, -0.2) is 50.1 Å². The lowest BCUT2D eigenvalue weighted by molar-refractivity contribution is 0.0729. The van der Waals surface area contributed by atoms with E-state index in [0.29, 0.717) is 37.6 Å². The number of sulfonamides is 1. The molecule has 0 saturated carbocycles. The molecule has 2 heterocycles. The van der Waals surface area contributed by atoms with Crippen LogP contribution < -0.4 is 5.32 Å². The number of benzene rings is 1. The predicted octanol–water partition coefficient (Wildman–Crippen LogP) is 1.08. The molecule has 3 rings (SSSR count). The second-order valence-corrected chi connectivity index (χ2v) is 8.02. The third-order valence-electron chi connectivity index (χ3n) is 4.11. The van der Waals surface area contributed by atoms with Crippen LogP contribution in [0.1, 0.15) is 27.4 Å². The number of ether oxygens (including phenoxy) is 1. The van der Waals surface area contributed by atoms with Crippen LogP contribution in [0, 0.1) is 6.92 Å². The van der Waals surface area contributed by atoms with Crippen molar-refractivity contribution in [1.29, 1.82) is 0 Å². The summed E-state index contributed by atoms with van der Waals surface area (Å²) in [5.74, 6) is -0.377. The summed E-state index contributed by atoms with van der Waals surface area (Å²) in [5.41, 5.74) is 2.02. The van der Waals surface area contributed by atoms with Crippen molar-refractivity contribution in [3.63, 3.8) is 0 Å². The Hall–Kier alpha value is -2.23. The largest absolute Gasteiger partial charge is 0.379 e. The first-order valence-electron chi connectivity index (χ1n) is 8.29. The van der Waals surface area contributed by atoms with Crippen molar-refractivity contribution in [3.05, 3.63) is 52.9 Å². The number of rotatable bonds is 6. The van der Waals surface area contributed by atoms with E-state index in [4.69, 9.17) is 9.26 Å². The van der Waals surface area contributed by atoms with Crippen LogP contribution in [0.3, 0.4) is 0 Å². The summed E-state index contributed by atoms with van der Waals surface area (Å²) < 4.78 is 36.8. The monoisotopic (exact) mass is 379 g/mol. The number of hydrogen-bond donors (Lipinski definition) is 1.